The molecule has 0 aliphatic carbocycles. The standard InChI is InChI=1S/C10H15ClN2O4/c1-7(11)5-12-10(16)13-2-3-17-6-8(13)4-9(14)15/h8H,1-6H2,(H,12,16)(H,14,15). The van der Waals surface area contributed by atoms with Crippen molar-refractivity contribution in [1.29, 1.82) is 0 Å². The fraction of sp³-hybridized carbons (Fsp3) is 0.600. The molecular formula is C10H15ClN2O4. The average molecular weight is 263 g/mol. The highest BCUT2D eigenvalue weighted by molar-refractivity contribution is 6.29. The molecule has 1 aliphatic rings. The van der Waals surface area contributed by atoms with Crippen molar-refractivity contribution < 1.29 is 19.4 Å². The molecule has 1 rings (SSSR count). The third kappa shape index (κ3) is 4.62. The van der Waals surface area contributed by atoms with Gasteiger partial charge in [-0.25, -0.2) is 4.79 Å². The molecule has 0 saturated carbocycles. The van der Waals surface area contributed by atoms with E-state index < -0.39 is 12.0 Å². The zero-order valence-electron chi connectivity index (χ0n) is 9.32. The van der Waals surface area contributed by atoms with Gasteiger partial charge < -0.3 is 20.1 Å². The van der Waals surface area contributed by atoms with Gasteiger partial charge in [0.15, 0.2) is 0 Å². The third-order valence-corrected chi connectivity index (χ3v) is 2.46. The Balaban J connectivity index is 2.54. The molecule has 0 bridgehead atoms. The molecule has 1 fully saturated rings. The molecule has 7 heteroatoms. The van der Waals surface area contributed by atoms with Crippen LogP contribution in [0.25, 0.3) is 0 Å². The molecule has 1 saturated heterocycles. The number of nitrogens with one attached hydrogen (secondary N) is 1. The number of ether oxygens (including phenoxy) is 1. The minimum absolute atomic E-state index is 0.130. The molecule has 96 valence electrons. The molecule has 0 aromatic carbocycles. The first-order chi connectivity index (χ1) is 8.00. The fourth-order valence-corrected chi connectivity index (χ4v) is 1.63. The zero-order chi connectivity index (χ0) is 12.8. The molecule has 1 heterocycles. The van der Waals surface area contributed by atoms with Crippen LogP contribution in [-0.2, 0) is 9.53 Å². The summed E-state index contributed by atoms with van der Waals surface area (Å²) in [5, 5.41) is 11.6. The Labute approximate surface area is 104 Å². The highest BCUT2D eigenvalue weighted by atomic mass is 35.5. The monoisotopic (exact) mass is 262 g/mol. The number of carbonyl (C=O) groups is 2. The molecular weight excluding hydrogens is 248 g/mol. The van der Waals surface area contributed by atoms with E-state index in [0.717, 1.165) is 0 Å². The lowest BCUT2D eigenvalue weighted by Gasteiger charge is -2.34. The number of carboxylic acid groups (broad SMARTS) is 1. The van der Waals surface area contributed by atoms with Crippen LogP contribution in [0.3, 0.4) is 0 Å². The first-order valence-electron chi connectivity index (χ1n) is 5.18. The van der Waals surface area contributed by atoms with Gasteiger partial charge in [0.05, 0.1) is 32.2 Å². The Bertz CT molecular complexity index is 321. The maximum absolute atomic E-state index is 11.8. The van der Waals surface area contributed by atoms with Gasteiger partial charge in [0.1, 0.15) is 0 Å². The van der Waals surface area contributed by atoms with Crippen LogP contribution in [0, 0.1) is 0 Å². The van der Waals surface area contributed by atoms with Crippen molar-refractivity contribution in [3.05, 3.63) is 11.6 Å². The van der Waals surface area contributed by atoms with E-state index in [1.165, 1.54) is 4.90 Å². The Hall–Kier alpha value is -1.27. The van der Waals surface area contributed by atoms with Crippen LogP contribution in [0.1, 0.15) is 6.42 Å². The minimum atomic E-state index is -0.958. The first kappa shape index (κ1) is 13.8. The molecule has 1 unspecified atom stereocenters. The van der Waals surface area contributed by atoms with Crippen molar-refractivity contribution in [2.45, 2.75) is 12.5 Å². The van der Waals surface area contributed by atoms with Gasteiger partial charge >= 0.3 is 12.0 Å². The topological polar surface area (TPSA) is 78.9 Å². The van der Waals surface area contributed by atoms with Gasteiger partial charge in [-0.2, -0.15) is 0 Å². The SMILES string of the molecule is C=C(Cl)CNC(=O)N1CCOCC1CC(=O)O. The second-order valence-corrected chi connectivity index (χ2v) is 4.23. The molecule has 0 aromatic heterocycles. The number of morpholine rings is 1. The predicted molar refractivity (Wildman–Crippen MR) is 62.0 cm³/mol. The van der Waals surface area contributed by atoms with Crippen molar-refractivity contribution in [3.63, 3.8) is 0 Å². The molecule has 0 aromatic rings. The molecule has 2 N–H and O–H groups in total. The van der Waals surface area contributed by atoms with E-state index in [1.54, 1.807) is 0 Å². The van der Waals surface area contributed by atoms with Crippen molar-refractivity contribution in [2.24, 2.45) is 0 Å². The van der Waals surface area contributed by atoms with Crippen LogP contribution < -0.4 is 5.32 Å². The van der Waals surface area contributed by atoms with Crippen LogP contribution in [0.4, 0.5) is 4.79 Å². The molecule has 17 heavy (non-hydrogen) atoms. The summed E-state index contributed by atoms with van der Waals surface area (Å²) in [6.45, 7) is 4.64. The van der Waals surface area contributed by atoms with E-state index >= 15 is 0 Å². The van der Waals surface area contributed by atoms with Crippen LogP contribution in [0.2, 0.25) is 0 Å². The minimum Gasteiger partial charge on any atom is -0.481 e. The molecule has 6 nitrogen and oxygen atoms in total. The number of halogens is 1. The summed E-state index contributed by atoms with van der Waals surface area (Å²) in [4.78, 5) is 23.9. The Morgan fingerprint density at radius 3 is 2.88 bits per heavy atom. The lowest BCUT2D eigenvalue weighted by molar-refractivity contribution is -0.139. The number of urea groups is 1. The largest absolute Gasteiger partial charge is 0.481 e. The highest BCUT2D eigenvalue weighted by Crippen LogP contribution is 2.11. The van der Waals surface area contributed by atoms with Crippen LogP contribution in [0.15, 0.2) is 11.6 Å². The molecule has 0 spiro atoms. The van der Waals surface area contributed by atoms with Gasteiger partial charge in [-0.15, -0.1) is 0 Å². The van der Waals surface area contributed by atoms with E-state index in [-0.39, 0.29) is 25.6 Å². The quantitative estimate of drug-likeness (QED) is 0.779. The smallest absolute Gasteiger partial charge is 0.318 e. The Morgan fingerprint density at radius 2 is 2.29 bits per heavy atom. The predicted octanol–water partition coefficient (Wildman–Crippen LogP) is 0.624. The number of carbonyl (C=O) groups excluding carboxylic acids is 1. The van der Waals surface area contributed by atoms with Crippen molar-refractivity contribution in [3.8, 4) is 0 Å². The lowest BCUT2D eigenvalue weighted by Crippen LogP contribution is -2.53. The van der Waals surface area contributed by atoms with E-state index in [0.29, 0.717) is 18.2 Å². The third-order valence-electron chi connectivity index (χ3n) is 2.33. The summed E-state index contributed by atoms with van der Waals surface area (Å²) >= 11 is 5.53. The van der Waals surface area contributed by atoms with Crippen LogP contribution >= 0.6 is 11.6 Å². The van der Waals surface area contributed by atoms with E-state index in [1.807, 2.05) is 0 Å². The number of hydrogen-bond donors (Lipinski definition) is 2. The van der Waals surface area contributed by atoms with Gasteiger partial charge in [-0.3, -0.25) is 4.79 Å². The number of hydrogen-bond acceptors (Lipinski definition) is 3. The Morgan fingerprint density at radius 1 is 1.59 bits per heavy atom. The summed E-state index contributed by atoms with van der Waals surface area (Å²) in [6, 6.07) is -0.786. The number of amides is 2. The van der Waals surface area contributed by atoms with Gasteiger partial charge in [-0.05, 0) is 0 Å². The van der Waals surface area contributed by atoms with E-state index in [2.05, 4.69) is 11.9 Å². The van der Waals surface area contributed by atoms with Crippen molar-refractivity contribution >= 4 is 23.6 Å². The highest BCUT2D eigenvalue weighted by Gasteiger charge is 2.28. The second kappa shape index (κ2) is 6.46. The summed E-state index contributed by atoms with van der Waals surface area (Å²) in [5.74, 6) is -0.958. The summed E-state index contributed by atoms with van der Waals surface area (Å²) in [5.41, 5.74) is 0. The Kier molecular flexibility index (Phi) is 5.24. The van der Waals surface area contributed by atoms with E-state index in [9.17, 15) is 9.59 Å². The van der Waals surface area contributed by atoms with Crippen molar-refractivity contribution in [2.75, 3.05) is 26.3 Å². The number of carboxylic acids is 1. The molecule has 0 radical (unpaired) electrons. The lowest BCUT2D eigenvalue weighted by atomic mass is 10.1. The second-order valence-electron chi connectivity index (χ2n) is 3.70. The zero-order valence-corrected chi connectivity index (χ0v) is 10.1. The fourth-order valence-electron chi connectivity index (χ4n) is 1.57. The van der Waals surface area contributed by atoms with Gasteiger partial charge in [0.25, 0.3) is 0 Å². The summed E-state index contributed by atoms with van der Waals surface area (Å²) < 4.78 is 5.16. The van der Waals surface area contributed by atoms with Gasteiger partial charge in [-0.1, -0.05) is 18.2 Å². The van der Waals surface area contributed by atoms with E-state index in [4.69, 9.17) is 21.4 Å². The molecule has 1 aliphatic heterocycles. The average Bonchev–Trinajstić information content (AvgIpc) is 2.25. The normalized spacial score (nSPS) is 19.8. The first-order valence-corrected chi connectivity index (χ1v) is 5.55. The van der Waals surface area contributed by atoms with Gasteiger partial charge in [0.2, 0.25) is 0 Å². The van der Waals surface area contributed by atoms with Crippen LogP contribution in [-0.4, -0.2) is 54.4 Å². The van der Waals surface area contributed by atoms with Crippen molar-refractivity contribution in [1.82, 2.24) is 10.2 Å². The number of nitrogens with zero attached hydrogens (tertiary/aromatic N) is 1. The van der Waals surface area contributed by atoms with Gasteiger partial charge in [0, 0.05) is 11.6 Å². The van der Waals surface area contributed by atoms with Crippen LogP contribution in [0.5, 0.6) is 0 Å². The summed E-state index contributed by atoms with van der Waals surface area (Å²) in [6.07, 6.45) is -0.130. The number of aliphatic carboxylic acids is 1. The molecule has 1 atom stereocenters. The number of rotatable bonds is 4. The maximum Gasteiger partial charge on any atom is 0.318 e. The maximum atomic E-state index is 11.8. The summed E-state index contributed by atoms with van der Waals surface area (Å²) in [7, 11) is 0. The molecule has 2 amide bonds.